The van der Waals surface area contributed by atoms with Gasteiger partial charge in [0, 0.05) is 12.8 Å². The summed E-state index contributed by atoms with van der Waals surface area (Å²) in [5.41, 5.74) is 0. The van der Waals surface area contributed by atoms with Gasteiger partial charge in [0.2, 0.25) is 0 Å². The molecule has 0 fully saturated rings. The molecule has 2 unspecified atom stereocenters. The van der Waals surface area contributed by atoms with Crippen LogP contribution >= 0.6 is 0 Å². The van der Waals surface area contributed by atoms with Crippen LogP contribution in [0.4, 0.5) is 0 Å². The molecule has 0 radical (unpaired) electrons. The van der Waals surface area contributed by atoms with Crippen LogP contribution in [-0.2, 0) is 33.3 Å². The fraction of sp³-hybridized carbons (Fsp3) is 0.616. The van der Waals surface area contributed by atoms with Crippen molar-refractivity contribution < 1.29 is 42.9 Å². The van der Waals surface area contributed by atoms with Gasteiger partial charge in [0.25, 0.3) is 6.29 Å². The molecule has 2 atom stereocenters. The SMILES string of the molecule is CC/C=C\C/C=C\C/C=C\C/C=C\C/C=C\C/C=C\C/C=C\C/C=C\C/C=C\C/C=C\CCCCCCCCC(=O)OC(COC(=O)CCCCCCCCCCCCCCCCCCC/C=C\C/C=C\C/C=C\C/C=C\C/C=C\CC)COC(OCC[N+](C)(C)C)C(=O)O. The molecule has 0 bridgehead atoms. The molecular formula is C86H140NO8+. The van der Waals surface area contributed by atoms with Crippen LogP contribution in [0.5, 0.6) is 0 Å². The number of carbonyl (C=O) groups is 3. The Balaban J connectivity index is 4.17. The first-order valence-corrected chi connectivity index (χ1v) is 37.9. The zero-order valence-corrected chi connectivity index (χ0v) is 61.3. The van der Waals surface area contributed by atoms with Crippen LogP contribution in [0.15, 0.2) is 182 Å². The van der Waals surface area contributed by atoms with E-state index in [9.17, 15) is 19.5 Å². The Kier molecular flexibility index (Phi) is 69.8. The average Bonchev–Trinajstić information content (AvgIpc) is 3.75. The molecule has 0 aromatic rings. The van der Waals surface area contributed by atoms with E-state index in [0.717, 1.165) is 154 Å². The molecule has 0 aromatic carbocycles. The van der Waals surface area contributed by atoms with Gasteiger partial charge in [-0.3, -0.25) is 9.59 Å². The molecule has 0 spiro atoms. The number of likely N-dealkylation sites (N-methyl/N-ethyl adjacent to an activating group) is 1. The van der Waals surface area contributed by atoms with Crippen LogP contribution in [0.1, 0.15) is 284 Å². The van der Waals surface area contributed by atoms with Crippen LogP contribution in [0.3, 0.4) is 0 Å². The van der Waals surface area contributed by atoms with E-state index in [1.807, 2.05) is 21.1 Å². The molecule has 9 heteroatoms. The molecule has 0 amide bonds. The second kappa shape index (κ2) is 74.2. The van der Waals surface area contributed by atoms with E-state index >= 15 is 0 Å². The highest BCUT2D eigenvalue weighted by Gasteiger charge is 2.25. The van der Waals surface area contributed by atoms with E-state index < -0.39 is 24.3 Å². The van der Waals surface area contributed by atoms with E-state index in [4.69, 9.17) is 18.9 Å². The van der Waals surface area contributed by atoms with Gasteiger partial charge >= 0.3 is 17.9 Å². The van der Waals surface area contributed by atoms with E-state index in [0.29, 0.717) is 17.4 Å². The second-order valence-corrected chi connectivity index (χ2v) is 25.8. The van der Waals surface area contributed by atoms with Crippen molar-refractivity contribution in [3.05, 3.63) is 182 Å². The Bertz CT molecular complexity index is 2220. The van der Waals surface area contributed by atoms with Gasteiger partial charge in [0.05, 0.1) is 34.4 Å². The number of aliphatic carboxylic acids is 1. The van der Waals surface area contributed by atoms with Crippen LogP contribution in [0, 0.1) is 0 Å². The minimum Gasteiger partial charge on any atom is -0.477 e. The van der Waals surface area contributed by atoms with Gasteiger partial charge in [0.1, 0.15) is 13.2 Å². The largest absolute Gasteiger partial charge is 0.477 e. The molecule has 536 valence electrons. The second-order valence-electron chi connectivity index (χ2n) is 25.8. The molecular weight excluding hydrogens is 1170 g/mol. The molecule has 0 rings (SSSR count). The number of quaternary nitrogens is 1. The Morgan fingerprint density at radius 1 is 0.316 bits per heavy atom. The summed E-state index contributed by atoms with van der Waals surface area (Å²) >= 11 is 0. The Labute approximate surface area is 583 Å². The summed E-state index contributed by atoms with van der Waals surface area (Å²) in [6.45, 7) is 4.63. The van der Waals surface area contributed by atoms with Gasteiger partial charge in [-0.1, -0.05) is 318 Å². The first-order valence-electron chi connectivity index (χ1n) is 37.9. The smallest absolute Gasteiger partial charge is 0.361 e. The highest BCUT2D eigenvalue weighted by Crippen LogP contribution is 2.17. The molecule has 0 aliphatic carbocycles. The lowest BCUT2D eigenvalue weighted by Gasteiger charge is -2.25. The van der Waals surface area contributed by atoms with Gasteiger partial charge in [0.15, 0.2) is 6.10 Å². The fourth-order valence-electron chi connectivity index (χ4n) is 9.95. The molecule has 1 N–H and O–H groups in total. The number of carbonyl (C=O) groups excluding carboxylic acids is 2. The monoisotopic (exact) mass is 1320 g/mol. The van der Waals surface area contributed by atoms with Crippen molar-refractivity contribution in [1.29, 1.82) is 0 Å². The summed E-state index contributed by atoms with van der Waals surface area (Å²) in [4.78, 5) is 37.7. The van der Waals surface area contributed by atoms with Gasteiger partial charge in [-0.25, -0.2) is 4.79 Å². The quantitative estimate of drug-likeness (QED) is 0.0211. The van der Waals surface area contributed by atoms with Crippen molar-refractivity contribution in [1.82, 2.24) is 0 Å². The highest BCUT2D eigenvalue weighted by molar-refractivity contribution is 5.71. The van der Waals surface area contributed by atoms with Crippen molar-refractivity contribution >= 4 is 17.9 Å². The lowest BCUT2D eigenvalue weighted by molar-refractivity contribution is -0.870. The summed E-state index contributed by atoms with van der Waals surface area (Å²) < 4.78 is 23.0. The number of carboxylic acids is 1. The number of esters is 2. The maximum atomic E-state index is 13.0. The van der Waals surface area contributed by atoms with Crippen LogP contribution in [-0.4, -0.2) is 87.4 Å². The van der Waals surface area contributed by atoms with Crippen molar-refractivity contribution in [2.75, 3.05) is 47.5 Å². The third-order valence-corrected chi connectivity index (χ3v) is 15.7. The number of nitrogens with zero attached hydrogens (tertiary/aromatic N) is 1. The maximum Gasteiger partial charge on any atom is 0.361 e. The zero-order chi connectivity index (χ0) is 69.0. The third-order valence-electron chi connectivity index (χ3n) is 15.7. The normalized spacial score (nSPS) is 13.7. The fourth-order valence-corrected chi connectivity index (χ4v) is 9.95. The van der Waals surface area contributed by atoms with Crippen LogP contribution in [0.25, 0.3) is 0 Å². The first kappa shape index (κ1) is 89.4. The number of ether oxygens (including phenoxy) is 4. The third kappa shape index (κ3) is 75.6. The molecule has 0 aliphatic heterocycles. The molecule has 0 heterocycles. The Morgan fingerprint density at radius 3 is 0.842 bits per heavy atom. The molecule has 0 aromatic heterocycles. The number of hydrogen-bond donors (Lipinski definition) is 1. The van der Waals surface area contributed by atoms with Crippen LogP contribution in [0.2, 0.25) is 0 Å². The van der Waals surface area contributed by atoms with Crippen molar-refractivity contribution in [3.63, 3.8) is 0 Å². The summed E-state index contributed by atoms with van der Waals surface area (Å²) in [5.74, 6) is -2.03. The molecule has 95 heavy (non-hydrogen) atoms. The topological polar surface area (TPSA) is 108 Å². The minimum absolute atomic E-state index is 0.176. The molecule has 9 nitrogen and oxygen atoms in total. The number of rotatable bonds is 68. The van der Waals surface area contributed by atoms with Crippen molar-refractivity contribution in [2.24, 2.45) is 0 Å². The van der Waals surface area contributed by atoms with Crippen molar-refractivity contribution in [2.45, 2.75) is 296 Å². The van der Waals surface area contributed by atoms with Crippen molar-refractivity contribution in [3.8, 4) is 0 Å². The number of carboxylic acid groups (broad SMARTS) is 1. The average molecular weight is 1320 g/mol. The first-order chi connectivity index (χ1) is 46.6. The molecule has 0 aliphatic rings. The maximum absolute atomic E-state index is 13.0. The van der Waals surface area contributed by atoms with Gasteiger partial charge in [-0.2, -0.15) is 0 Å². The Morgan fingerprint density at radius 2 is 0.568 bits per heavy atom. The number of allylic oxidation sites excluding steroid dienone is 30. The summed E-state index contributed by atoms with van der Waals surface area (Å²) in [7, 11) is 5.97. The van der Waals surface area contributed by atoms with E-state index in [-0.39, 0.29) is 38.6 Å². The standard InChI is InChI=1S/C86H139NO8/c1-6-8-10-12-14-16-18-20-22-24-26-28-30-32-34-36-38-40-41-42-43-45-47-49-51-53-55-57-59-61-63-65-67-69-71-73-75-77-84(89)95-82(81-94-86(85(90)91)92-79-78-87(3,4)5)80-93-83(88)76-74-72-70-68-66-64-62-60-58-56-54-52-50-48-46-44-39-37-35-33-31-29-27-25-23-21-19-17-15-13-11-9-7-2/h8-11,14-17,20-23,26-29,32-35,38,40,42-43,47,49,53,55,59,61,82,86H,6-7,12-13,18-19,24-25,30-31,36-37,39,41,44-46,48,50-52,54,56-58,60,62-81H2,1-5H3/p+1/b10-8-,11-9-,16-14-,17-15-,22-20-,23-21-,28-26-,29-27-,34-32-,35-33-,40-38-,43-42-,49-47-,55-53-,61-59-. The van der Waals surface area contributed by atoms with Gasteiger partial charge in [-0.05, 0) is 135 Å². The van der Waals surface area contributed by atoms with Gasteiger partial charge < -0.3 is 28.5 Å². The minimum atomic E-state index is -1.53. The Hall–Kier alpha value is -5.61. The van der Waals surface area contributed by atoms with E-state index in [1.54, 1.807) is 0 Å². The number of unbranched alkanes of at least 4 members (excludes halogenated alkanes) is 23. The molecule has 0 saturated carbocycles. The lowest BCUT2D eigenvalue weighted by atomic mass is 10.0. The number of hydrogen-bond acceptors (Lipinski definition) is 7. The van der Waals surface area contributed by atoms with Gasteiger partial charge in [-0.15, -0.1) is 0 Å². The van der Waals surface area contributed by atoms with E-state index in [2.05, 4.69) is 196 Å². The molecule has 0 saturated heterocycles. The summed E-state index contributed by atoms with van der Waals surface area (Å²) in [6.07, 6.45) is 110. The predicted octanol–water partition coefficient (Wildman–Crippen LogP) is 24.4. The van der Waals surface area contributed by atoms with Crippen LogP contribution < -0.4 is 0 Å². The zero-order valence-electron chi connectivity index (χ0n) is 61.3. The highest BCUT2D eigenvalue weighted by atomic mass is 16.7. The predicted molar refractivity (Wildman–Crippen MR) is 409 cm³/mol. The summed E-state index contributed by atoms with van der Waals surface area (Å²) in [6, 6.07) is 0. The summed E-state index contributed by atoms with van der Waals surface area (Å²) in [5, 5.41) is 9.77. The lowest BCUT2D eigenvalue weighted by Crippen LogP contribution is -2.40. The van der Waals surface area contributed by atoms with E-state index in [1.165, 1.54) is 96.3 Å².